The van der Waals surface area contributed by atoms with Crippen molar-refractivity contribution in [3.05, 3.63) is 23.7 Å². The minimum atomic E-state index is -0.231. The van der Waals surface area contributed by atoms with Crippen molar-refractivity contribution in [1.29, 1.82) is 0 Å². The van der Waals surface area contributed by atoms with E-state index in [9.17, 15) is 9.59 Å². The molecule has 19 heavy (non-hydrogen) atoms. The summed E-state index contributed by atoms with van der Waals surface area (Å²) in [6.07, 6.45) is 0.967. The van der Waals surface area contributed by atoms with Crippen molar-refractivity contribution in [2.75, 3.05) is 11.9 Å². The van der Waals surface area contributed by atoms with Gasteiger partial charge in [-0.1, -0.05) is 0 Å². The van der Waals surface area contributed by atoms with Crippen LogP contribution in [0.15, 0.2) is 23.7 Å². The predicted octanol–water partition coefficient (Wildman–Crippen LogP) is 1.76. The Bertz CT molecular complexity index is 638. The number of nitrogens with one attached hydrogen (secondary N) is 2. The summed E-state index contributed by atoms with van der Waals surface area (Å²) in [6.45, 7) is 0.574. The van der Waals surface area contributed by atoms with Crippen LogP contribution in [0.25, 0.3) is 10.2 Å². The molecule has 1 unspecified atom stereocenters. The molecular weight excluding hydrogens is 262 g/mol. The van der Waals surface area contributed by atoms with Crippen LogP contribution in [0.2, 0.25) is 0 Å². The van der Waals surface area contributed by atoms with Crippen LogP contribution in [-0.2, 0) is 9.59 Å². The highest BCUT2D eigenvalue weighted by Crippen LogP contribution is 2.23. The minimum absolute atomic E-state index is 0.0516. The fourth-order valence-corrected chi connectivity index (χ4v) is 2.90. The maximum atomic E-state index is 12.1. The molecule has 1 aromatic carbocycles. The molecule has 1 aliphatic heterocycles. The van der Waals surface area contributed by atoms with E-state index < -0.39 is 0 Å². The van der Waals surface area contributed by atoms with Crippen molar-refractivity contribution >= 4 is 39.1 Å². The van der Waals surface area contributed by atoms with Crippen LogP contribution < -0.4 is 10.6 Å². The number of aromatic nitrogens is 1. The van der Waals surface area contributed by atoms with E-state index in [2.05, 4.69) is 15.6 Å². The summed E-state index contributed by atoms with van der Waals surface area (Å²) in [5.41, 5.74) is 3.47. The van der Waals surface area contributed by atoms with Crippen molar-refractivity contribution in [1.82, 2.24) is 10.3 Å². The lowest BCUT2D eigenvalue weighted by molar-refractivity contribution is -0.129. The van der Waals surface area contributed by atoms with Gasteiger partial charge in [0, 0.05) is 24.6 Å². The van der Waals surface area contributed by atoms with Crippen LogP contribution in [0, 0.1) is 5.92 Å². The van der Waals surface area contributed by atoms with Gasteiger partial charge >= 0.3 is 0 Å². The van der Waals surface area contributed by atoms with Gasteiger partial charge < -0.3 is 10.6 Å². The zero-order valence-corrected chi connectivity index (χ0v) is 11.0. The number of anilines is 1. The molecule has 0 radical (unpaired) electrons. The van der Waals surface area contributed by atoms with Crippen LogP contribution in [0.3, 0.4) is 0 Å². The number of carbonyl (C=O) groups excluding carboxylic acids is 2. The molecule has 3 rings (SSSR count). The van der Waals surface area contributed by atoms with E-state index in [1.165, 1.54) is 11.3 Å². The Labute approximate surface area is 114 Å². The number of rotatable bonds is 2. The van der Waals surface area contributed by atoms with E-state index in [0.29, 0.717) is 13.0 Å². The largest absolute Gasteiger partial charge is 0.356 e. The van der Waals surface area contributed by atoms with Gasteiger partial charge in [-0.3, -0.25) is 9.59 Å². The predicted molar refractivity (Wildman–Crippen MR) is 74.0 cm³/mol. The van der Waals surface area contributed by atoms with Gasteiger partial charge in [0.25, 0.3) is 0 Å². The van der Waals surface area contributed by atoms with Gasteiger partial charge in [0.15, 0.2) is 0 Å². The summed E-state index contributed by atoms with van der Waals surface area (Å²) in [4.78, 5) is 27.5. The van der Waals surface area contributed by atoms with Gasteiger partial charge in [0.05, 0.1) is 15.7 Å². The second-order valence-corrected chi connectivity index (χ2v) is 5.45. The highest BCUT2D eigenvalue weighted by Gasteiger charge is 2.25. The lowest BCUT2D eigenvalue weighted by Crippen LogP contribution is -2.38. The maximum Gasteiger partial charge on any atom is 0.228 e. The molecular formula is C13H13N3O2S. The third-order valence-corrected chi connectivity index (χ3v) is 4.01. The molecule has 5 nitrogen and oxygen atoms in total. The molecule has 0 aliphatic carbocycles. The van der Waals surface area contributed by atoms with Gasteiger partial charge in [-0.15, -0.1) is 11.3 Å². The van der Waals surface area contributed by atoms with Crippen LogP contribution >= 0.6 is 11.3 Å². The van der Waals surface area contributed by atoms with Crippen LogP contribution in [0.4, 0.5) is 5.69 Å². The first-order valence-corrected chi connectivity index (χ1v) is 7.01. The van der Waals surface area contributed by atoms with Crippen LogP contribution in [0.5, 0.6) is 0 Å². The molecule has 2 heterocycles. The van der Waals surface area contributed by atoms with E-state index in [-0.39, 0.29) is 24.2 Å². The maximum absolute atomic E-state index is 12.1. The zero-order chi connectivity index (χ0) is 13.2. The van der Waals surface area contributed by atoms with Gasteiger partial charge in [0.1, 0.15) is 0 Å². The summed E-state index contributed by atoms with van der Waals surface area (Å²) >= 11 is 1.54. The molecule has 2 aromatic rings. The number of hydrogen-bond donors (Lipinski definition) is 2. The highest BCUT2D eigenvalue weighted by molar-refractivity contribution is 7.16. The smallest absolute Gasteiger partial charge is 0.228 e. The van der Waals surface area contributed by atoms with Crippen molar-refractivity contribution in [2.45, 2.75) is 12.8 Å². The van der Waals surface area contributed by atoms with E-state index in [1.54, 1.807) is 5.51 Å². The first-order chi connectivity index (χ1) is 9.22. The number of hydrogen-bond acceptors (Lipinski definition) is 4. The number of fused-ring (bicyclic) bond motifs is 1. The number of piperidine rings is 1. The molecule has 1 aliphatic rings. The average Bonchev–Trinajstić information content (AvgIpc) is 2.86. The Morgan fingerprint density at radius 2 is 2.37 bits per heavy atom. The van der Waals surface area contributed by atoms with Crippen molar-refractivity contribution in [3.8, 4) is 0 Å². The number of nitrogens with zero attached hydrogens (tertiary/aromatic N) is 1. The molecule has 1 aromatic heterocycles. The molecule has 2 N–H and O–H groups in total. The fraction of sp³-hybridized carbons (Fsp3) is 0.308. The minimum Gasteiger partial charge on any atom is -0.356 e. The van der Waals surface area contributed by atoms with Crippen LogP contribution in [-0.4, -0.2) is 23.3 Å². The Balaban J connectivity index is 1.72. The monoisotopic (exact) mass is 275 g/mol. The fourth-order valence-electron chi connectivity index (χ4n) is 2.18. The Kier molecular flexibility index (Phi) is 3.16. The molecule has 2 amide bonds. The second-order valence-electron chi connectivity index (χ2n) is 4.56. The normalized spacial score (nSPS) is 19.2. The number of amides is 2. The molecule has 0 spiro atoms. The van der Waals surface area contributed by atoms with Gasteiger partial charge in [-0.2, -0.15) is 0 Å². The Morgan fingerprint density at radius 3 is 3.21 bits per heavy atom. The molecule has 1 atom stereocenters. The van der Waals surface area contributed by atoms with Crippen molar-refractivity contribution < 1.29 is 9.59 Å². The molecule has 0 bridgehead atoms. The van der Waals surface area contributed by atoms with Gasteiger partial charge in [-0.25, -0.2) is 4.98 Å². The number of thiazole rings is 1. The summed E-state index contributed by atoms with van der Waals surface area (Å²) in [5, 5.41) is 5.60. The lowest BCUT2D eigenvalue weighted by atomic mass is 9.96. The quantitative estimate of drug-likeness (QED) is 0.877. The summed E-state index contributed by atoms with van der Waals surface area (Å²) in [6, 6.07) is 5.63. The molecule has 6 heteroatoms. The summed E-state index contributed by atoms with van der Waals surface area (Å²) in [7, 11) is 0. The van der Waals surface area contributed by atoms with Crippen molar-refractivity contribution in [3.63, 3.8) is 0 Å². The van der Waals surface area contributed by atoms with E-state index in [0.717, 1.165) is 15.9 Å². The van der Waals surface area contributed by atoms with Gasteiger partial charge in [-0.05, 0) is 24.6 Å². The second kappa shape index (κ2) is 4.97. The lowest BCUT2D eigenvalue weighted by Gasteiger charge is -2.21. The third-order valence-electron chi connectivity index (χ3n) is 3.22. The molecule has 98 valence electrons. The first kappa shape index (κ1) is 12.1. The summed E-state index contributed by atoms with van der Waals surface area (Å²) in [5.74, 6) is -0.367. The average molecular weight is 275 g/mol. The van der Waals surface area contributed by atoms with Crippen molar-refractivity contribution in [2.24, 2.45) is 5.92 Å². The van der Waals surface area contributed by atoms with Gasteiger partial charge in [0.2, 0.25) is 11.8 Å². The Hall–Kier alpha value is -1.95. The standard InChI is InChI=1S/C13H13N3O2S/c17-12-5-8(3-4-14-12)13(18)16-9-1-2-10-11(6-9)19-7-15-10/h1-2,6-8H,3-5H2,(H,14,17)(H,16,18). The third kappa shape index (κ3) is 2.58. The topological polar surface area (TPSA) is 71.1 Å². The van der Waals surface area contributed by atoms with E-state index >= 15 is 0 Å². The molecule has 0 saturated carbocycles. The number of carbonyl (C=O) groups is 2. The SMILES string of the molecule is O=C1CC(C(=O)Nc2ccc3ncsc3c2)CCN1. The van der Waals surface area contributed by atoms with E-state index in [1.807, 2.05) is 18.2 Å². The zero-order valence-electron chi connectivity index (χ0n) is 10.2. The number of benzene rings is 1. The summed E-state index contributed by atoms with van der Waals surface area (Å²) < 4.78 is 1.04. The first-order valence-electron chi connectivity index (χ1n) is 6.13. The van der Waals surface area contributed by atoms with E-state index in [4.69, 9.17) is 0 Å². The Morgan fingerprint density at radius 1 is 1.47 bits per heavy atom. The van der Waals surface area contributed by atoms with Crippen LogP contribution in [0.1, 0.15) is 12.8 Å². The molecule has 1 fully saturated rings. The highest BCUT2D eigenvalue weighted by atomic mass is 32.1. The molecule has 1 saturated heterocycles.